The van der Waals surface area contributed by atoms with Crippen molar-refractivity contribution in [2.75, 3.05) is 0 Å². The summed E-state index contributed by atoms with van der Waals surface area (Å²) >= 11 is 0. The molecule has 2 aromatic carbocycles. The molecule has 4 heteroatoms. The van der Waals surface area contributed by atoms with Crippen molar-refractivity contribution in [1.82, 2.24) is 9.55 Å². The first kappa shape index (κ1) is 19.1. The molecule has 0 saturated carbocycles. The van der Waals surface area contributed by atoms with Gasteiger partial charge in [0.15, 0.2) is 0 Å². The standard InChI is InChI=1S/C25H23FN2O/c1-15(2)20-11-16(3)12-22-21(20)13-24(28(4)25(22)29)18-7-10-23(27-14-18)17-5-8-19(26)9-6-17/h5-15H,1-4H3. The van der Waals surface area contributed by atoms with E-state index < -0.39 is 0 Å². The van der Waals surface area contributed by atoms with Crippen LogP contribution in [0.4, 0.5) is 4.39 Å². The summed E-state index contributed by atoms with van der Waals surface area (Å²) in [6.07, 6.45) is 1.77. The van der Waals surface area contributed by atoms with E-state index in [1.807, 2.05) is 25.1 Å². The minimum Gasteiger partial charge on any atom is -0.311 e. The SMILES string of the molecule is Cc1cc(C(C)C)c2cc(-c3ccc(-c4ccc(F)cc4)nc3)n(C)c(=O)c2c1. The predicted molar refractivity (Wildman–Crippen MR) is 117 cm³/mol. The molecule has 0 fully saturated rings. The molecule has 0 unspecified atom stereocenters. The lowest BCUT2D eigenvalue weighted by molar-refractivity contribution is 0.628. The molecule has 4 aromatic rings. The highest BCUT2D eigenvalue weighted by molar-refractivity contribution is 5.89. The first-order valence-electron chi connectivity index (χ1n) is 9.72. The first-order valence-corrected chi connectivity index (χ1v) is 9.72. The van der Waals surface area contributed by atoms with Crippen LogP contribution in [0.25, 0.3) is 33.3 Å². The Kier molecular flexibility index (Phi) is 4.79. The summed E-state index contributed by atoms with van der Waals surface area (Å²) in [5.41, 5.74) is 5.57. The van der Waals surface area contributed by atoms with Gasteiger partial charge in [0.2, 0.25) is 0 Å². The van der Waals surface area contributed by atoms with E-state index in [0.717, 1.165) is 38.9 Å². The molecule has 3 nitrogen and oxygen atoms in total. The van der Waals surface area contributed by atoms with Gasteiger partial charge in [-0.2, -0.15) is 0 Å². The van der Waals surface area contributed by atoms with Crippen LogP contribution in [0.15, 0.2) is 65.6 Å². The fraction of sp³-hybridized carbons (Fsp3) is 0.200. The van der Waals surface area contributed by atoms with Crippen LogP contribution >= 0.6 is 0 Å². The average molecular weight is 386 g/mol. The maximum Gasteiger partial charge on any atom is 0.258 e. The molecule has 0 aliphatic rings. The van der Waals surface area contributed by atoms with E-state index in [1.54, 1.807) is 29.9 Å². The largest absolute Gasteiger partial charge is 0.311 e. The van der Waals surface area contributed by atoms with E-state index in [2.05, 4.69) is 31.0 Å². The van der Waals surface area contributed by atoms with Gasteiger partial charge >= 0.3 is 0 Å². The van der Waals surface area contributed by atoms with Gasteiger partial charge in [0, 0.05) is 29.8 Å². The molecule has 0 saturated heterocycles. The molecular weight excluding hydrogens is 363 g/mol. The minimum atomic E-state index is -0.271. The van der Waals surface area contributed by atoms with E-state index in [-0.39, 0.29) is 11.4 Å². The molecular formula is C25H23FN2O. The van der Waals surface area contributed by atoms with Crippen molar-refractivity contribution in [1.29, 1.82) is 0 Å². The predicted octanol–water partition coefficient (Wildman–Crippen LogP) is 5.84. The van der Waals surface area contributed by atoms with Gasteiger partial charge in [-0.3, -0.25) is 9.78 Å². The maximum atomic E-state index is 13.2. The highest BCUT2D eigenvalue weighted by Gasteiger charge is 2.14. The van der Waals surface area contributed by atoms with Crippen molar-refractivity contribution in [3.05, 3.63) is 88.1 Å². The molecule has 0 N–H and O–H groups in total. The van der Waals surface area contributed by atoms with Crippen LogP contribution in [0.5, 0.6) is 0 Å². The number of benzene rings is 2. The van der Waals surface area contributed by atoms with Crippen LogP contribution in [-0.2, 0) is 7.05 Å². The summed E-state index contributed by atoms with van der Waals surface area (Å²) in [4.78, 5) is 17.6. The maximum absolute atomic E-state index is 13.2. The molecule has 0 amide bonds. The number of hydrogen-bond donors (Lipinski definition) is 0. The molecule has 2 aromatic heterocycles. The van der Waals surface area contributed by atoms with Gasteiger partial charge < -0.3 is 4.57 Å². The van der Waals surface area contributed by atoms with Crippen molar-refractivity contribution in [3.63, 3.8) is 0 Å². The summed E-state index contributed by atoms with van der Waals surface area (Å²) in [6.45, 7) is 6.31. The molecule has 146 valence electrons. The van der Waals surface area contributed by atoms with Crippen LogP contribution in [-0.4, -0.2) is 9.55 Å². The quantitative estimate of drug-likeness (QED) is 0.443. The van der Waals surface area contributed by atoms with Gasteiger partial charge in [0.1, 0.15) is 5.82 Å². The van der Waals surface area contributed by atoms with Gasteiger partial charge in [-0.25, -0.2) is 4.39 Å². The molecule has 2 heterocycles. The van der Waals surface area contributed by atoms with Crippen LogP contribution in [0.1, 0.15) is 30.9 Å². The zero-order valence-electron chi connectivity index (χ0n) is 17.0. The van der Waals surface area contributed by atoms with Crippen LogP contribution < -0.4 is 5.56 Å². The molecule has 0 radical (unpaired) electrons. The molecule has 0 aliphatic heterocycles. The number of halogens is 1. The second-order valence-electron chi connectivity index (χ2n) is 7.80. The Morgan fingerprint density at radius 2 is 1.62 bits per heavy atom. The van der Waals surface area contributed by atoms with Gasteiger partial charge in [-0.05, 0) is 72.3 Å². The highest BCUT2D eigenvalue weighted by Crippen LogP contribution is 2.29. The third-order valence-corrected chi connectivity index (χ3v) is 5.36. The van der Waals surface area contributed by atoms with E-state index in [4.69, 9.17) is 0 Å². The Morgan fingerprint density at radius 3 is 2.24 bits per heavy atom. The first-order chi connectivity index (χ1) is 13.8. The lowest BCUT2D eigenvalue weighted by atomic mass is 9.93. The molecule has 4 rings (SSSR count). The van der Waals surface area contributed by atoms with Crippen molar-refractivity contribution in [2.24, 2.45) is 7.05 Å². The number of pyridine rings is 2. The van der Waals surface area contributed by atoms with Crippen molar-refractivity contribution >= 4 is 10.8 Å². The topological polar surface area (TPSA) is 34.9 Å². The lowest BCUT2D eigenvalue weighted by Gasteiger charge is -2.16. The fourth-order valence-electron chi connectivity index (χ4n) is 3.78. The molecule has 0 bridgehead atoms. The number of aromatic nitrogens is 2. The minimum absolute atomic E-state index is 0.00860. The number of hydrogen-bond acceptors (Lipinski definition) is 2. The summed E-state index contributed by atoms with van der Waals surface area (Å²) in [5.74, 6) is 0.0454. The van der Waals surface area contributed by atoms with E-state index in [9.17, 15) is 9.18 Å². The summed E-state index contributed by atoms with van der Waals surface area (Å²) in [5, 5.41) is 1.74. The number of fused-ring (bicyclic) bond motifs is 1. The summed E-state index contributed by atoms with van der Waals surface area (Å²) in [7, 11) is 1.79. The van der Waals surface area contributed by atoms with Crippen LogP contribution in [0.3, 0.4) is 0 Å². The zero-order chi connectivity index (χ0) is 20.7. The molecule has 29 heavy (non-hydrogen) atoms. The van der Waals surface area contributed by atoms with E-state index >= 15 is 0 Å². The van der Waals surface area contributed by atoms with E-state index in [1.165, 1.54) is 17.7 Å². The smallest absolute Gasteiger partial charge is 0.258 e. The fourth-order valence-corrected chi connectivity index (χ4v) is 3.78. The Labute approximate surface area is 169 Å². The highest BCUT2D eigenvalue weighted by atomic mass is 19.1. The number of aryl methyl sites for hydroxylation is 1. The van der Waals surface area contributed by atoms with Gasteiger partial charge in [-0.1, -0.05) is 25.5 Å². The summed E-state index contributed by atoms with van der Waals surface area (Å²) < 4.78 is 14.8. The normalized spacial score (nSPS) is 11.4. The van der Waals surface area contributed by atoms with Gasteiger partial charge in [0.05, 0.1) is 11.4 Å². The second-order valence-corrected chi connectivity index (χ2v) is 7.80. The van der Waals surface area contributed by atoms with E-state index in [0.29, 0.717) is 5.92 Å². The Morgan fingerprint density at radius 1 is 0.931 bits per heavy atom. The second kappa shape index (κ2) is 7.28. The Balaban J connectivity index is 1.86. The Bertz CT molecular complexity index is 1250. The van der Waals surface area contributed by atoms with Crippen LogP contribution in [0, 0.1) is 12.7 Å². The summed E-state index contributed by atoms with van der Waals surface area (Å²) in [6, 6.07) is 16.3. The third kappa shape index (κ3) is 3.46. The Hall–Kier alpha value is -3.27. The monoisotopic (exact) mass is 386 g/mol. The van der Waals surface area contributed by atoms with Crippen molar-refractivity contribution < 1.29 is 4.39 Å². The average Bonchev–Trinajstić information content (AvgIpc) is 2.71. The van der Waals surface area contributed by atoms with Crippen molar-refractivity contribution in [2.45, 2.75) is 26.7 Å². The third-order valence-electron chi connectivity index (χ3n) is 5.36. The van der Waals surface area contributed by atoms with Crippen molar-refractivity contribution in [3.8, 4) is 22.5 Å². The molecule has 0 atom stereocenters. The van der Waals surface area contributed by atoms with Gasteiger partial charge in [0.25, 0.3) is 5.56 Å². The lowest BCUT2D eigenvalue weighted by Crippen LogP contribution is -2.19. The number of nitrogens with zero attached hydrogens (tertiary/aromatic N) is 2. The zero-order valence-corrected chi connectivity index (χ0v) is 17.0. The number of rotatable bonds is 3. The molecule has 0 aliphatic carbocycles. The molecule has 0 spiro atoms. The van der Waals surface area contributed by atoms with Gasteiger partial charge in [-0.15, -0.1) is 0 Å². The van der Waals surface area contributed by atoms with Crippen LogP contribution in [0.2, 0.25) is 0 Å².